The van der Waals surface area contributed by atoms with Gasteiger partial charge in [-0.15, -0.1) is 0 Å². The van der Waals surface area contributed by atoms with Gasteiger partial charge in [0, 0.05) is 16.6 Å². The molecule has 0 radical (unpaired) electrons. The second-order valence-electron chi connectivity index (χ2n) is 2.61. The van der Waals surface area contributed by atoms with Crippen LogP contribution < -0.4 is 5.56 Å². The quantitative estimate of drug-likeness (QED) is 0.759. The van der Waals surface area contributed by atoms with E-state index >= 15 is 0 Å². The van der Waals surface area contributed by atoms with E-state index in [-0.39, 0.29) is 17.3 Å². The lowest BCUT2D eigenvalue weighted by molar-refractivity contribution is 0.708. The van der Waals surface area contributed by atoms with Gasteiger partial charge in [0.2, 0.25) is 0 Å². The first-order valence-corrected chi connectivity index (χ1v) is 4.92. The molecule has 0 saturated heterocycles. The summed E-state index contributed by atoms with van der Waals surface area (Å²) in [7, 11) is 0. The standard InChI is InChI=1S/C8H7Cl3N2O/c1-5-12-7(11)2-8(14)13(5)4-6(10)3-9/h2-3H,4H2,1H3/b6-3-. The van der Waals surface area contributed by atoms with E-state index < -0.39 is 0 Å². The summed E-state index contributed by atoms with van der Waals surface area (Å²) in [5.74, 6) is 0.499. The van der Waals surface area contributed by atoms with Crippen LogP contribution in [0.4, 0.5) is 0 Å². The highest BCUT2D eigenvalue weighted by atomic mass is 35.5. The molecule has 0 aliphatic rings. The van der Waals surface area contributed by atoms with Crippen molar-refractivity contribution in [3.05, 3.63) is 38.0 Å². The number of rotatable bonds is 2. The summed E-state index contributed by atoms with van der Waals surface area (Å²) in [6, 6.07) is 1.23. The zero-order valence-corrected chi connectivity index (χ0v) is 9.57. The second-order valence-corrected chi connectivity index (χ2v) is 3.70. The van der Waals surface area contributed by atoms with E-state index in [1.54, 1.807) is 6.92 Å². The number of nitrogens with zero attached hydrogens (tertiary/aromatic N) is 2. The SMILES string of the molecule is Cc1nc(Cl)cc(=O)n1C/C(Cl)=C/Cl. The molecule has 0 saturated carbocycles. The van der Waals surface area contributed by atoms with E-state index in [0.717, 1.165) is 0 Å². The normalized spacial score (nSPS) is 11.9. The van der Waals surface area contributed by atoms with Crippen molar-refractivity contribution in [3.8, 4) is 0 Å². The molecule has 1 heterocycles. The lowest BCUT2D eigenvalue weighted by atomic mass is 10.5. The zero-order valence-electron chi connectivity index (χ0n) is 7.30. The zero-order chi connectivity index (χ0) is 10.7. The number of aromatic nitrogens is 2. The van der Waals surface area contributed by atoms with Crippen molar-refractivity contribution in [1.29, 1.82) is 0 Å². The third-order valence-corrected chi connectivity index (χ3v) is 2.39. The summed E-state index contributed by atoms with van der Waals surface area (Å²) >= 11 is 16.7. The highest BCUT2D eigenvalue weighted by molar-refractivity contribution is 6.36. The summed E-state index contributed by atoms with van der Waals surface area (Å²) in [6.45, 7) is 1.88. The Balaban J connectivity index is 3.16. The van der Waals surface area contributed by atoms with Gasteiger partial charge in [0.05, 0.1) is 6.54 Å². The Bertz CT molecular complexity index is 425. The van der Waals surface area contributed by atoms with Crippen molar-refractivity contribution in [2.24, 2.45) is 0 Å². The molecule has 76 valence electrons. The molecule has 1 aromatic heterocycles. The van der Waals surface area contributed by atoms with E-state index in [1.165, 1.54) is 16.2 Å². The van der Waals surface area contributed by atoms with Crippen LogP contribution in [0.3, 0.4) is 0 Å². The molecule has 1 aromatic rings. The van der Waals surface area contributed by atoms with E-state index in [9.17, 15) is 4.79 Å². The van der Waals surface area contributed by atoms with Gasteiger partial charge in [0.25, 0.3) is 5.56 Å². The largest absolute Gasteiger partial charge is 0.291 e. The average molecular weight is 254 g/mol. The van der Waals surface area contributed by atoms with Crippen molar-refractivity contribution in [3.63, 3.8) is 0 Å². The van der Waals surface area contributed by atoms with Crippen molar-refractivity contribution in [2.45, 2.75) is 13.5 Å². The van der Waals surface area contributed by atoms with Crippen molar-refractivity contribution in [1.82, 2.24) is 9.55 Å². The topological polar surface area (TPSA) is 34.9 Å². The molecular weight excluding hydrogens is 246 g/mol. The van der Waals surface area contributed by atoms with Crippen LogP contribution in [-0.4, -0.2) is 9.55 Å². The fourth-order valence-electron chi connectivity index (χ4n) is 0.964. The number of allylic oxidation sites excluding steroid dienone is 1. The summed E-state index contributed by atoms with van der Waals surface area (Å²) in [5, 5.41) is 0.538. The minimum absolute atomic E-state index is 0.176. The molecule has 0 spiro atoms. The molecule has 0 amide bonds. The molecule has 0 atom stereocenters. The van der Waals surface area contributed by atoms with Gasteiger partial charge >= 0.3 is 0 Å². The Hall–Kier alpha value is -0.510. The molecule has 6 heteroatoms. The second kappa shape index (κ2) is 4.82. The fraction of sp³-hybridized carbons (Fsp3) is 0.250. The minimum atomic E-state index is -0.251. The Morgan fingerprint density at radius 1 is 1.71 bits per heavy atom. The van der Waals surface area contributed by atoms with Crippen LogP contribution in [0.5, 0.6) is 0 Å². The van der Waals surface area contributed by atoms with Gasteiger partial charge in [-0.25, -0.2) is 4.98 Å². The van der Waals surface area contributed by atoms with Gasteiger partial charge in [-0.2, -0.15) is 0 Å². The van der Waals surface area contributed by atoms with Crippen LogP contribution in [0.1, 0.15) is 5.82 Å². The maximum Gasteiger partial charge on any atom is 0.255 e. The summed E-state index contributed by atoms with van der Waals surface area (Å²) in [6.07, 6.45) is 0. The van der Waals surface area contributed by atoms with Crippen molar-refractivity contribution >= 4 is 34.8 Å². The van der Waals surface area contributed by atoms with Crippen LogP contribution in [0.2, 0.25) is 5.15 Å². The van der Waals surface area contributed by atoms with Crippen LogP contribution in [-0.2, 0) is 6.54 Å². The third-order valence-electron chi connectivity index (χ3n) is 1.60. The smallest absolute Gasteiger partial charge is 0.255 e. The van der Waals surface area contributed by atoms with E-state index in [1.807, 2.05) is 0 Å². The van der Waals surface area contributed by atoms with E-state index in [0.29, 0.717) is 10.9 Å². The lowest BCUT2D eigenvalue weighted by Gasteiger charge is -2.07. The summed E-state index contributed by atoms with van der Waals surface area (Å²) in [5.41, 5.74) is 0.960. The molecule has 0 N–H and O–H groups in total. The molecular formula is C8H7Cl3N2O. The molecule has 0 aliphatic heterocycles. The molecule has 14 heavy (non-hydrogen) atoms. The van der Waals surface area contributed by atoms with Crippen molar-refractivity contribution < 1.29 is 0 Å². The number of halogens is 3. The predicted molar refractivity (Wildman–Crippen MR) is 58.0 cm³/mol. The van der Waals surface area contributed by atoms with Gasteiger partial charge in [0.15, 0.2) is 0 Å². The highest BCUT2D eigenvalue weighted by Gasteiger charge is 2.04. The van der Waals surface area contributed by atoms with Crippen molar-refractivity contribution in [2.75, 3.05) is 0 Å². The highest BCUT2D eigenvalue weighted by Crippen LogP contribution is 2.08. The number of aryl methyl sites for hydroxylation is 1. The van der Waals surface area contributed by atoms with Gasteiger partial charge < -0.3 is 0 Å². The first-order chi connectivity index (χ1) is 6.54. The first kappa shape index (κ1) is 11.6. The van der Waals surface area contributed by atoms with Crippen LogP contribution in [0.15, 0.2) is 21.4 Å². The molecule has 0 aromatic carbocycles. The summed E-state index contributed by atoms with van der Waals surface area (Å²) in [4.78, 5) is 15.3. The van der Waals surface area contributed by atoms with E-state index in [2.05, 4.69) is 4.98 Å². The van der Waals surface area contributed by atoms with Crippen LogP contribution >= 0.6 is 34.8 Å². The van der Waals surface area contributed by atoms with Crippen LogP contribution in [0.25, 0.3) is 0 Å². The maximum absolute atomic E-state index is 11.4. The van der Waals surface area contributed by atoms with Gasteiger partial charge in [-0.1, -0.05) is 34.8 Å². The molecule has 0 aliphatic carbocycles. The minimum Gasteiger partial charge on any atom is -0.291 e. The monoisotopic (exact) mass is 252 g/mol. The number of hydrogen-bond acceptors (Lipinski definition) is 2. The third kappa shape index (κ3) is 2.74. The molecule has 0 fully saturated rings. The first-order valence-electron chi connectivity index (χ1n) is 3.73. The molecule has 0 bridgehead atoms. The van der Waals surface area contributed by atoms with Gasteiger partial charge in [0.1, 0.15) is 11.0 Å². The average Bonchev–Trinajstić information content (AvgIpc) is 2.10. The Morgan fingerprint density at radius 3 is 2.86 bits per heavy atom. The maximum atomic E-state index is 11.4. The van der Waals surface area contributed by atoms with Gasteiger partial charge in [-0.3, -0.25) is 9.36 Å². The molecule has 3 nitrogen and oxygen atoms in total. The van der Waals surface area contributed by atoms with Crippen LogP contribution in [0, 0.1) is 6.92 Å². The fourth-order valence-corrected chi connectivity index (χ4v) is 1.37. The Labute approximate surface area is 95.9 Å². The predicted octanol–water partition coefficient (Wildman–Crippen LogP) is 2.52. The lowest BCUT2D eigenvalue weighted by Crippen LogP contribution is -2.23. The number of hydrogen-bond donors (Lipinski definition) is 0. The summed E-state index contributed by atoms with van der Waals surface area (Å²) < 4.78 is 1.38. The Morgan fingerprint density at radius 2 is 2.36 bits per heavy atom. The van der Waals surface area contributed by atoms with Gasteiger partial charge in [-0.05, 0) is 6.92 Å². The molecule has 0 unspecified atom stereocenters. The Kier molecular flexibility index (Phi) is 3.98. The van der Waals surface area contributed by atoms with E-state index in [4.69, 9.17) is 34.8 Å². The molecule has 1 rings (SSSR count).